The van der Waals surface area contributed by atoms with Crippen LogP contribution >= 0.6 is 22.9 Å². The quantitative estimate of drug-likeness (QED) is 0.173. The summed E-state index contributed by atoms with van der Waals surface area (Å²) in [6.45, 7) is 5.20. The minimum atomic E-state index is -1.02. The minimum absolute atomic E-state index is 0.00558. The van der Waals surface area contributed by atoms with Crippen molar-refractivity contribution in [3.8, 4) is 16.9 Å². The Hall–Kier alpha value is -4.12. The average Bonchev–Trinajstić information content (AvgIpc) is 3.73. The first-order valence-corrected chi connectivity index (χ1v) is 18.5. The van der Waals surface area contributed by atoms with Crippen LogP contribution in [0.1, 0.15) is 83.3 Å². The molecule has 4 heterocycles. The van der Waals surface area contributed by atoms with Crippen LogP contribution in [0.25, 0.3) is 21.3 Å². The molecule has 8 rings (SSSR count). The van der Waals surface area contributed by atoms with Crippen molar-refractivity contribution in [2.75, 3.05) is 13.2 Å². The molecule has 1 N–H and O–H groups in total. The molecule has 2 atom stereocenters. The van der Waals surface area contributed by atoms with Gasteiger partial charge in [0.25, 0.3) is 5.56 Å². The third kappa shape index (κ3) is 5.91. The zero-order valence-electron chi connectivity index (χ0n) is 28.0. The molecule has 3 aliphatic rings. The molecule has 1 spiro atoms. The van der Waals surface area contributed by atoms with Gasteiger partial charge in [0, 0.05) is 50.3 Å². The fourth-order valence-electron chi connectivity index (χ4n) is 8.31. The number of carboxylic acids is 1. The van der Waals surface area contributed by atoms with Gasteiger partial charge >= 0.3 is 5.97 Å². The summed E-state index contributed by atoms with van der Waals surface area (Å²) >= 11 is 7.79. The van der Waals surface area contributed by atoms with Crippen molar-refractivity contribution >= 4 is 39.1 Å². The summed E-state index contributed by atoms with van der Waals surface area (Å²) in [6.07, 6.45) is 6.87. The summed E-state index contributed by atoms with van der Waals surface area (Å²) in [5, 5.41) is 11.8. The van der Waals surface area contributed by atoms with Crippen LogP contribution in [0.15, 0.2) is 58.7 Å². The molecule has 2 unspecified atom stereocenters. The molecule has 1 saturated carbocycles. The zero-order valence-corrected chi connectivity index (χ0v) is 29.6. The Morgan fingerprint density at radius 1 is 1.12 bits per heavy atom. The summed E-state index contributed by atoms with van der Waals surface area (Å²) in [7, 11) is 0. The first-order chi connectivity index (χ1) is 24.1. The fourth-order valence-corrected chi connectivity index (χ4v) is 9.49. The molecular weight excluding hydrogens is 675 g/mol. The van der Waals surface area contributed by atoms with Gasteiger partial charge in [0.2, 0.25) is 0 Å². The van der Waals surface area contributed by atoms with Gasteiger partial charge in [-0.05, 0) is 101 Å². The highest BCUT2D eigenvalue weighted by atomic mass is 35.5. The van der Waals surface area contributed by atoms with Crippen molar-refractivity contribution < 1.29 is 19.0 Å². The van der Waals surface area contributed by atoms with E-state index in [-0.39, 0.29) is 41.0 Å². The van der Waals surface area contributed by atoms with Gasteiger partial charge in [-0.15, -0.1) is 11.3 Å². The maximum atomic E-state index is 14.3. The van der Waals surface area contributed by atoms with Crippen LogP contribution in [-0.2, 0) is 18.4 Å². The average molecular weight is 713 g/mol. The summed E-state index contributed by atoms with van der Waals surface area (Å²) in [5.41, 5.74) is 5.53. The van der Waals surface area contributed by atoms with E-state index in [0.717, 1.165) is 77.7 Å². The second kappa shape index (κ2) is 12.9. The number of aromatic carboxylic acids is 1. The number of nitrogens with zero attached hydrogens (tertiary/aromatic N) is 4. The van der Waals surface area contributed by atoms with E-state index in [1.807, 2.05) is 32.0 Å². The van der Waals surface area contributed by atoms with Gasteiger partial charge in [-0.2, -0.15) is 0 Å². The number of carboxylic acid groups (broad SMARTS) is 1. The smallest absolute Gasteiger partial charge is 0.338 e. The topological polar surface area (TPSA) is 97.6 Å². The zero-order chi connectivity index (χ0) is 34.7. The number of carbonyl (C=O) groups is 1. The molecule has 50 heavy (non-hydrogen) atoms. The Bertz CT molecular complexity index is 2210. The molecule has 8 nitrogen and oxygen atoms in total. The molecular formula is C39H38ClFN4O4S. The van der Waals surface area contributed by atoms with Gasteiger partial charge in [-0.1, -0.05) is 30.2 Å². The highest BCUT2D eigenvalue weighted by Crippen LogP contribution is 2.55. The number of pyridine rings is 1. The van der Waals surface area contributed by atoms with Gasteiger partial charge in [-0.25, -0.2) is 14.2 Å². The van der Waals surface area contributed by atoms with Crippen LogP contribution in [0.3, 0.4) is 0 Å². The first-order valence-electron chi connectivity index (χ1n) is 17.3. The SMILES string of the molecule is Cc1cc(-c2cc(Cl)ccc2OCCn2c(C)nc3c(c2=O)CC(N2CCCCC2c2cccc(F)c2)CC32CC2)c2scc(C(=O)O)c2n1. The van der Waals surface area contributed by atoms with E-state index < -0.39 is 5.97 Å². The number of benzene rings is 2. The molecule has 2 aliphatic carbocycles. The van der Waals surface area contributed by atoms with E-state index in [0.29, 0.717) is 40.8 Å². The third-order valence-electron chi connectivity index (χ3n) is 10.8. The predicted octanol–water partition coefficient (Wildman–Crippen LogP) is 8.28. The number of aryl methyl sites for hydroxylation is 2. The first kappa shape index (κ1) is 33.0. The van der Waals surface area contributed by atoms with E-state index in [1.54, 1.807) is 34.2 Å². The Morgan fingerprint density at radius 3 is 2.74 bits per heavy atom. The largest absolute Gasteiger partial charge is 0.491 e. The molecule has 0 radical (unpaired) electrons. The number of piperidine rings is 1. The van der Waals surface area contributed by atoms with Crippen LogP contribution in [0.4, 0.5) is 4.39 Å². The monoisotopic (exact) mass is 712 g/mol. The van der Waals surface area contributed by atoms with Crippen molar-refractivity contribution in [3.05, 3.63) is 109 Å². The van der Waals surface area contributed by atoms with Crippen molar-refractivity contribution in [1.82, 2.24) is 19.4 Å². The number of halogens is 2. The number of rotatable bonds is 8. The Kier molecular flexibility index (Phi) is 8.52. The van der Waals surface area contributed by atoms with Crippen LogP contribution in [0.2, 0.25) is 5.02 Å². The van der Waals surface area contributed by atoms with E-state index in [4.69, 9.17) is 21.3 Å². The van der Waals surface area contributed by atoms with E-state index in [1.165, 1.54) is 17.4 Å². The molecule has 11 heteroatoms. The molecule has 2 fully saturated rings. The van der Waals surface area contributed by atoms with Crippen molar-refractivity contribution in [2.24, 2.45) is 0 Å². The van der Waals surface area contributed by atoms with Crippen LogP contribution in [0.5, 0.6) is 5.75 Å². The molecule has 5 aromatic rings. The second-order valence-corrected chi connectivity index (χ2v) is 15.3. The number of hydrogen-bond acceptors (Lipinski definition) is 7. The summed E-state index contributed by atoms with van der Waals surface area (Å²) in [5.74, 6) is 0.0248. The number of hydrogen-bond donors (Lipinski definition) is 1. The third-order valence-corrected chi connectivity index (χ3v) is 12.0. The second-order valence-electron chi connectivity index (χ2n) is 14.0. The van der Waals surface area contributed by atoms with Gasteiger partial charge in [-0.3, -0.25) is 19.2 Å². The standard InChI is InChI=1S/C39H38ClFN4O4S/c1-22-16-29(35-34(42-22)31(21-50-35)38(47)48)28-18-25(40)9-10-33(28)49-15-14-44-23(2)43-36-30(37(44)46)19-27(20-39(36)11-12-39)45-13-4-3-8-32(45)24-6-5-7-26(41)17-24/h5-7,9-10,16-18,21,27,32H,3-4,8,11-15,19-20H2,1-2H3,(H,47,48). The number of thiophene rings is 1. The maximum Gasteiger partial charge on any atom is 0.338 e. The van der Waals surface area contributed by atoms with E-state index in [9.17, 15) is 19.1 Å². The van der Waals surface area contributed by atoms with Gasteiger partial charge in [0.1, 0.15) is 24.0 Å². The highest BCUT2D eigenvalue weighted by Gasteiger charge is 2.53. The van der Waals surface area contributed by atoms with Gasteiger partial charge in [0.05, 0.1) is 28.0 Å². The molecule has 258 valence electrons. The minimum Gasteiger partial charge on any atom is -0.491 e. The van der Waals surface area contributed by atoms with Crippen molar-refractivity contribution in [3.63, 3.8) is 0 Å². The predicted molar refractivity (Wildman–Crippen MR) is 193 cm³/mol. The van der Waals surface area contributed by atoms with Crippen LogP contribution in [-0.4, -0.2) is 49.7 Å². The molecule has 1 aliphatic heterocycles. The molecule has 0 bridgehead atoms. The van der Waals surface area contributed by atoms with Gasteiger partial charge in [0.15, 0.2) is 0 Å². The molecule has 1 saturated heterocycles. The summed E-state index contributed by atoms with van der Waals surface area (Å²) in [4.78, 5) is 38.3. The number of likely N-dealkylation sites (tertiary alicyclic amines) is 1. The maximum absolute atomic E-state index is 14.3. The number of aromatic nitrogens is 3. The molecule has 0 amide bonds. The highest BCUT2D eigenvalue weighted by molar-refractivity contribution is 7.18. The van der Waals surface area contributed by atoms with Crippen molar-refractivity contribution in [1.29, 1.82) is 0 Å². The molecule has 2 aromatic carbocycles. The fraction of sp³-hybridized carbons (Fsp3) is 0.385. The lowest BCUT2D eigenvalue weighted by atomic mass is 9.79. The number of ether oxygens (including phenoxy) is 1. The van der Waals surface area contributed by atoms with Crippen molar-refractivity contribution in [2.45, 2.75) is 82.8 Å². The summed E-state index contributed by atoms with van der Waals surface area (Å²) < 4.78 is 23.1. The van der Waals surface area contributed by atoms with Crippen LogP contribution < -0.4 is 10.3 Å². The Labute approximate surface area is 298 Å². The van der Waals surface area contributed by atoms with Crippen LogP contribution in [0, 0.1) is 19.7 Å². The van der Waals surface area contributed by atoms with E-state index >= 15 is 0 Å². The number of fused-ring (bicyclic) bond motifs is 3. The van der Waals surface area contributed by atoms with E-state index in [2.05, 4.69) is 9.88 Å². The lowest BCUT2D eigenvalue weighted by molar-refractivity contribution is 0.0699. The lowest BCUT2D eigenvalue weighted by Crippen LogP contribution is -2.49. The summed E-state index contributed by atoms with van der Waals surface area (Å²) in [6, 6.07) is 14.6. The molecule has 3 aromatic heterocycles. The van der Waals surface area contributed by atoms with Gasteiger partial charge < -0.3 is 9.84 Å². The Morgan fingerprint density at radius 2 is 1.96 bits per heavy atom. The Balaban J connectivity index is 1.07. The lowest BCUT2D eigenvalue weighted by Gasteiger charge is -2.45. The normalized spacial score (nSPS) is 19.8.